The van der Waals surface area contributed by atoms with Crippen molar-refractivity contribution in [3.05, 3.63) is 0 Å². The molecule has 1 atom stereocenters. The van der Waals surface area contributed by atoms with Crippen molar-refractivity contribution in [2.75, 3.05) is 0 Å². The van der Waals surface area contributed by atoms with Gasteiger partial charge in [0.05, 0.1) is 18.6 Å². The zero-order valence-electron chi connectivity index (χ0n) is 9.36. The first-order valence-corrected chi connectivity index (χ1v) is 5.02. The molecule has 0 saturated heterocycles. The lowest BCUT2D eigenvalue weighted by Gasteiger charge is -2.06. The third-order valence-corrected chi connectivity index (χ3v) is 1.73. The van der Waals surface area contributed by atoms with Gasteiger partial charge in [-0.2, -0.15) is 10.1 Å². The van der Waals surface area contributed by atoms with Crippen LogP contribution in [0.25, 0.3) is 0 Å². The van der Waals surface area contributed by atoms with Crippen LogP contribution >= 0.6 is 0 Å². The fraction of sp³-hybridized carbons (Fsp3) is 0.800. The molecule has 0 fully saturated rings. The third-order valence-electron chi connectivity index (χ3n) is 1.73. The molecule has 0 N–H and O–H groups in total. The van der Waals surface area contributed by atoms with Gasteiger partial charge in [0.2, 0.25) is 0 Å². The fourth-order valence-corrected chi connectivity index (χ4v) is 0.830. The van der Waals surface area contributed by atoms with Crippen molar-refractivity contribution < 1.29 is 19.6 Å². The van der Waals surface area contributed by atoms with E-state index in [1.807, 2.05) is 6.92 Å². The lowest BCUT2D eigenvalue weighted by atomic mass is 10.0. The Morgan fingerprint density at radius 2 is 2.13 bits per heavy atom. The number of hydrogen-bond acceptors (Lipinski definition) is 5. The molecule has 0 aliphatic heterocycles. The number of nitriles is 1. The SMILES string of the molecule is CCC(C#N)CCC(=O)OOOC(C)C. The van der Waals surface area contributed by atoms with Crippen molar-refractivity contribution in [2.24, 2.45) is 5.92 Å². The maximum atomic E-state index is 11.0. The van der Waals surface area contributed by atoms with Gasteiger partial charge in [-0.25, -0.2) is 4.79 Å². The van der Waals surface area contributed by atoms with E-state index in [2.05, 4.69) is 20.9 Å². The summed E-state index contributed by atoms with van der Waals surface area (Å²) in [5.41, 5.74) is 0. The summed E-state index contributed by atoms with van der Waals surface area (Å²) in [5.74, 6) is -0.632. The minimum atomic E-state index is -0.524. The second-order valence-electron chi connectivity index (χ2n) is 3.44. The molecule has 0 saturated carbocycles. The van der Waals surface area contributed by atoms with E-state index in [0.717, 1.165) is 6.42 Å². The quantitative estimate of drug-likeness (QED) is 0.480. The molecule has 1 unspecified atom stereocenters. The van der Waals surface area contributed by atoms with E-state index < -0.39 is 5.97 Å². The molecule has 0 radical (unpaired) electrons. The van der Waals surface area contributed by atoms with Gasteiger partial charge in [0.25, 0.3) is 0 Å². The molecule has 86 valence electrons. The van der Waals surface area contributed by atoms with Crippen LogP contribution in [0, 0.1) is 17.2 Å². The zero-order valence-corrected chi connectivity index (χ0v) is 9.36. The van der Waals surface area contributed by atoms with E-state index in [9.17, 15) is 4.79 Å². The highest BCUT2D eigenvalue weighted by molar-refractivity contribution is 5.68. The Kier molecular flexibility index (Phi) is 7.60. The molecule has 5 nitrogen and oxygen atoms in total. The van der Waals surface area contributed by atoms with Crippen molar-refractivity contribution in [2.45, 2.75) is 46.1 Å². The molecule has 0 bridgehead atoms. The first-order chi connectivity index (χ1) is 7.10. The lowest BCUT2D eigenvalue weighted by molar-refractivity contribution is -0.498. The van der Waals surface area contributed by atoms with Gasteiger partial charge >= 0.3 is 5.97 Å². The Bertz CT molecular complexity index is 222. The monoisotopic (exact) mass is 215 g/mol. The average Bonchev–Trinajstić information content (AvgIpc) is 2.18. The average molecular weight is 215 g/mol. The van der Waals surface area contributed by atoms with Crippen LogP contribution in [0.15, 0.2) is 0 Å². The van der Waals surface area contributed by atoms with Crippen LogP contribution in [0.5, 0.6) is 0 Å². The molecule has 0 aromatic heterocycles. The molecule has 0 rings (SSSR count). The molecule has 0 amide bonds. The van der Waals surface area contributed by atoms with Gasteiger partial charge in [-0.05, 0) is 31.7 Å². The molecular weight excluding hydrogens is 198 g/mol. The first kappa shape index (κ1) is 13.9. The molecule has 5 heteroatoms. The highest BCUT2D eigenvalue weighted by atomic mass is 17.5. The Morgan fingerprint density at radius 3 is 2.60 bits per heavy atom. The third kappa shape index (κ3) is 7.91. The predicted molar refractivity (Wildman–Crippen MR) is 52.0 cm³/mol. The van der Waals surface area contributed by atoms with E-state index in [0.29, 0.717) is 6.42 Å². The molecule has 0 spiro atoms. The standard InChI is InChI=1S/C10H17NO4/c1-4-9(7-11)5-6-10(12)14-15-13-8(2)3/h8-9H,4-6H2,1-3H3. The molecule has 0 heterocycles. The summed E-state index contributed by atoms with van der Waals surface area (Å²) in [7, 11) is 0. The Balaban J connectivity index is 3.54. The minimum absolute atomic E-state index is 0.108. The summed E-state index contributed by atoms with van der Waals surface area (Å²) in [5, 5.41) is 12.9. The van der Waals surface area contributed by atoms with Crippen molar-refractivity contribution >= 4 is 5.97 Å². The molecular formula is C10H17NO4. The summed E-state index contributed by atoms with van der Waals surface area (Å²) in [6.45, 7) is 5.39. The van der Waals surface area contributed by atoms with E-state index in [1.54, 1.807) is 13.8 Å². The van der Waals surface area contributed by atoms with Crippen LogP contribution < -0.4 is 0 Å². The van der Waals surface area contributed by atoms with Crippen LogP contribution in [-0.2, 0) is 19.6 Å². The maximum absolute atomic E-state index is 11.0. The number of rotatable bonds is 7. The van der Waals surface area contributed by atoms with Gasteiger partial charge < -0.3 is 0 Å². The highest BCUT2D eigenvalue weighted by Crippen LogP contribution is 2.10. The summed E-state index contributed by atoms with van der Waals surface area (Å²) in [6.07, 6.45) is 1.21. The van der Waals surface area contributed by atoms with Crippen LogP contribution in [0.3, 0.4) is 0 Å². The van der Waals surface area contributed by atoms with Gasteiger partial charge in [0, 0.05) is 5.92 Å². The highest BCUT2D eigenvalue weighted by Gasteiger charge is 2.10. The molecule has 0 aromatic carbocycles. The van der Waals surface area contributed by atoms with Gasteiger partial charge in [0.15, 0.2) is 0 Å². The molecule has 15 heavy (non-hydrogen) atoms. The van der Waals surface area contributed by atoms with Crippen LogP contribution in [0.2, 0.25) is 0 Å². The van der Waals surface area contributed by atoms with E-state index >= 15 is 0 Å². The lowest BCUT2D eigenvalue weighted by Crippen LogP contribution is -2.11. The summed E-state index contributed by atoms with van der Waals surface area (Å²) < 4.78 is 0. The number of nitrogens with zero attached hydrogens (tertiary/aromatic N) is 1. The van der Waals surface area contributed by atoms with Gasteiger partial charge in [0.1, 0.15) is 0 Å². The zero-order chi connectivity index (χ0) is 11.7. The minimum Gasteiger partial charge on any atom is -0.269 e. The fourth-order valence-electron chi connectivity index (χ4n) is 0.830. The molecule has 0 aromatic rings. The van der Waals surface area contributed by atoms with Crippen LogP contribution in [-0.4, -0.2) is 12.1 Å². The topological polar surface area (TPSA) is 68.6 Å². The summed E-state index contributed by atoms with van der Waals surface area (Å²) >= 11 is 0. The van der Waals surface area contributed by atoms with E-state index in [1.165, 1.54) is 0 Å². The summed E-state index contributed by atoms with van der Waals surface area (Å²) in [6, 6.07) is 2.10. The Hall–Kier alpha value is -1.12. The smallest absolute Gasteiger partial charge is 0.269 e. The maximum Gasteiger partial charge on any atom is 0.345 e. The van der Waals surface area contributed by atoms with Gasteiger partial charge in [-0.1, -0.05) is 6.92 Å². The largest absolute Gasteiger partial charge is 0.345 e. The first-order valence-electron chi connectivity index (χ1n) is 5.02. The number of carbonyl (C=O) groups excluding carboxylic acids is 1. The van der Waals surface area contributed by atoms with Crippen molar-refractivity contribution in [1.29, 1.82) is 5.26 Å². The summed E-state index contributed by atoms with van der Waals surface area (Å²) in [4.78, 5) is 19.9. The van der Waals surface area contributed by atoms with Crippen molar-refractivity contribution in [3.63, 3.8) is 0 Å². The Morgan fingerprint density at radius 1 is 1.47 bits per heavy atom. The molecule has 0 aliphatic carbocycles. The second kappa shape index (κ2) is 8.21. The normalized spacial score (nSPS) is 12.2. The van der Waals surface area contributed by atoms with Crippen molar-refractivity contribution in [3.8, 4) is 6.07 Å². The second-order valence-corrected chi connectivity index (χ2v) is 3.44. The van der Waals surface area contributed by atoms with E-state index in [-0.39, 0.29) is 18.4 Å². The Labute approximate surface area is 89.8 Å². The van der Waals surface area contributed by atoms with Gasteiger partial charge in [-0.3, -0.25) is 4.89 Å². The molecule has 0 aliphatic rings. The number of hydrogen-bond donors (Lipinski definition) is 0. The van der Waals surface area contributed by atoms with Gasteiger partial charge in [-0.15, -0.1) is 0 Å². The van der Waals surface area contributed by atoms with Crippen LogP contribution in [0.4, 0.5) is 0 Å². The van der Waals surface area contributed by atoms with Crippen molar-refractivity contribution in [1.82, 2.24) is 0 Å². The predicted octanol–water partition coefficient (Wildman–Crippen LogP) is 2.13. The number of carbonyl (C=O) groups is 1. The van der Waals surface area contributed by atoms with Crippen LogP contribution in [0.1, 0.15) is 40.0 Å². The van der Waals surface area contributed by atoms with E-state index in [4.69, 9.17) is 5.26 Å².